The van der Waals surface area contributed by atoms with Crippen molar-refractivity contribution in [1.82, 2.24) is 10.9 Å². The summed E-state index contributed by atoms with van der Waals surface area (Å²) in [7, 11) is 0. The zero-order valence-corrected chi connectivity index (χ0v) is 23.8. The SMILES string of the molecule is O=C(COC(=O)c1ccc(N2C(=O)[C@@H]3C4c5ccccc5C(c5ccccc54)[C@H]3C2=O)cc1)NNC(=O)c1ccccc1Cl. The van der Waals surface area contributed by atoms with Gasteiger partial charge in [-0.2, -0.15) is 0 Å². The highest BCUT2D eigenvalue weighted by Gasteiger charge is 2.61. The lowest BCUT2D eigenvalue weighted by atomic mass is 9.55. The third-order valence-corrected chi connectivity index (χ3v) is 8.91. The van der Waals surface area contributed by atoms with E-state index in [1.807, 2.05) is 48.5 Å². The molecule has 0 aromatic heterocycles. The van der Waals surface area contributed by atoms with Crippen molar-refractivity contribution in [3.05, 3.63) is 135 Å². The first kappa shape index (κ1) is 27.5. The van der Waals surface area contributed by atoms with E-state index in [4.69, 9.17) is 16.3 Å². The highest BCUT2D eigenvalue weighted by atomic mass is 35.5. The number of imide groups is 1. The second kappa shape index (κ2) is 10.8. The van der Waals surface area contributed by atoms with Crippen LogP contribution in [0.3, 0.4) is 0 Å². The highest BCUT2D eigenvalue weighted by molar-refractivity contribution is 6.33. The van der Waals surface area contributed by atoms with Crippen LogP contribution in [0.15, 0.2) is 97.1 Å². The molecular formula is C34H24ClN3O6. The summed E-state index contributed by atoms with van der Waals surface area (Å²) in [6.45, 7) is -0.653. The topological polar surface area (TPSA) is 122 Å². The Labute approximate surface area is 256 Å². The molecule has 2 N–H and O–H groups in total. The van der Waals surface area contributed by atoms with Gasteiger partial charge in [-0.3, -0.25) is 30.0 Å². The number of carbonyl (C=O) groups excluding carboxylic acids is 5. The van der Waals surface area contributed by atoms with Gasteiger partial charge in [-0.25, -0.2) is 9.69 Å². The molecule has 0 spiro atoms. The number of esters is 1. The van der Waals surface area contributed by atoms with E-state index in [9.17, 15) is 24.0 Å². The predicted octanol–water partition coefficient (Wildman–Crippen LogP) is 4.35. The number of ether oxygens (including phenoxy) is 1. The molecule has 1 heterocycles. The molecule has 0 radical (unpaired) electrons. The molecule has 3 aliphatic carbocycles. The molecule has 4 aliphatic rings. The average molecular weight is 606 g/mol. The number of carbonyl (C=O) groups is 5. The van der Waals surface area contributed by atoms with Gasteiger partial charge < -0.3 is 4.74 Å². The molecule has 4 amide bonds. The van der Waals surface area contributed by atoms with Gasteiger partial charge in [0.15, 0.2) is 6.61 Å². The Morgan fingerprint density at radius 2 is 1.18 bits per heavy atom. The highest BCUT2D eigenvalue weighted by Crippen LogP contribution is 2.61. The van der Waals surface area contributed by atoms with E-state index in [0.29, 0.717) is 5.69 Å². The molecule has 1 fully saturated rings. The van der Waals surface area contributed by atoms with Gasteiger partial charge in [-0.05, 0) is 58.7 Å². The fourth-order valence-corrected chi connectivity index (χ4v) is 6.99. The molecule has 218 valence electrons. The van der Waals surface area contributed by atoms with Gasteiger partial charge in [0.2, 0.25) is 11.8 Å². The molecule has 44 heavy (non-hydrogen) atoms. The summed E-state index contributed by atoms with van der Waals surface area (Å²) in [6.07, 6.45) is 0. The summed E-state index contributed by atoms with van der Waals surface area (Å²) in [5.74, 6) is -4.16. The number of nitrogens with one attached hydrogen (secondary N) is 2. The molecule has 1 aliphatic heterocycles. The molecule has 1 saturated heterocycles. The van der Waals surface area contributed by atoms with E-state index in [2.05, 4.69) is 10.9 Å². The lowest BCUT2D eigenvalue weighted by molar-refractivity contribution is -0.125. The number of hydrogen-bond acceptors (Lipinski definition) is 6. The van der Waals surface area contributed by atoms with Crippen molar-refractivity contribution in [3.8, 4) is 0 Å². The quantitative estimate of drug-likeness (QED) is 0.198. The third-order valence-electron chi connectivity index (χ3n) is 8.58. The third kappa shape index (κ3) is 4.36. The van der Waals surface area contributed by atoms with Crippen molar-refractivity contribution in [2.24, 2.45) is 11.8 Å². The summed E-state index contributed by atoms with van der Waals surface area (Å²) in [4.78, 5) is 66.0. The van der Waals surface area contributed by atoms with Crippen molar-refractivity contribution in [2.45, 2.75) is 11.8 Å². The summed E-state index contributed by atoms with van der Waals surface area (Å²) in [5, 5.41) is 0.216. The summed E-state index contributed by atoms with van der Waals surface area (Å²) in [5.41, 5.74) is 9.38. The molecule has 8 rings (SSSR count). The Morgan fingerprint density at radius 3 is 1.70 bits per heavy atom. The largest absolute Gasteiger partial charge is 0.452 e. The van der Waals surface area contributed by atoms with Gasteiger partial charge in [0.1, 0.15) is 0 Å². The van der Waals surface area contributed by atoms with Crippen LogP contribution in [0, 0.1) is 11.8 Å². The van der Waals surface area contributed by atoms with Gasteiger partial charge in [0, 0.05) is 11.8 Å². The maximum Gasteiger partial charge on any atom is 0.338 e. The fraction of sp³-hybridized carbons (Fsp3) is 0.147. The number of halogens is 1. The second-order valence-corrected chi connectivity index (χ2v) is 11.3. The molecule has 4 aromatic carbocycles. The van der Waals surface area contributed by atoms with Crippen molar-refractivity contribution in [1.29, 1.82) is 0 Å². The average Bonchev–Trinajstić information content (AvgIpc) is 3.32. The molecule has 2 bridgehead atoms. The maximum absolute atomic E-state index is 13.9. The Bertz CT molecular complexity index is 1760. The van der Waals surface area contributed by atoms with Gasteiger partial charge in [-0.15, -0.1) is 0 Å². The first-order chi connectivity index (χ1) is 21.3. The van der Waals surface area contributed by atoms with E-state index in [1.165, 1.54) is 41.3 Å². The minimum atomic E-state index is -0.791. The fourth-order valence-electron chi connectivity index (χ4n) is 6.77. The smallest absolute Gasteiger partial charge is 0.338 e. The van der Waals surface area contributed by atoms with E-state index < -0.39 is 36.2 Å². The van der Waals surface area contributed by atoms with Crippen LogP contribution >= 0.6 is 11.6 Å². The van der Waals surface area contributed by atoms with E-state index in [0.717, 1.165) is 22.3 Å². The van der Waals surface area contributed by atoms with Crippen LogP contribution in [0.1, 0.15) is 54.8 Å². The number of hydrazine groups is 1. The summed E-state index contributed by atoms with van der Waals surface area (Å²) >= 11 is 5.98. The van der Waals surface area contributed by atoms with Crippen molar-refractivity contribution in [3.63, 3.8) is 0 Å². The zero-order chi connectivity index (χ0) is 30.5. The summed E-state index contributed by atoms with van der Waals surface area (Å²) in [6, 6.07) is 28.3. The Morgan fingerprint density at radius 1 is 0.682 bits per heavy atom. The van der Waals surface area contributed by atoms with Crippen LogP contribution in [-0.2, 0) is 19.1 Å². The molecule has 0 saturated carbocycles. The molecular weight excluding hydrogens is 582 g/mol. The predicted molar refractivity (Wildman–Crippen MR) is 160 cm³/mol. The number of amides is 4. The normalized spacial score (nSPS) is 20.8. The number of anilines is 1. The molecule has 2 atom stereocenters. The van der Waals surface area contributed by atoms with Crippen molar-refractivity contribution >= 4 is 46.9 Å². The minimum absolute atomic E-state index is 0.123. The second-order valence-electron chi connectivity index (χ2n) is 10.9. The zero-order valence-electron chi connectivity index (χ0n) is 23.0. The molecule has 9 nitrogen and oxygen atoms in total. The Kier molecular flexibility index (Phi) is 6.74. The van der Waals surface area contributed by atoms with Gasteiger partial charge in [0.05, 0.1) is 33.7 Å². The van der Waals surface area contributed by atoms with Crippen LogP contribution in [0.2, 0.25) is 5.02 Å². The molecule has 4 aromatic rings. The Hall–Kier alpha value is -5.28. The van der Waals surface area contributed by atoms with Crippen LogP contribution in [-0.4, -0.2) is 36.2 Å². The number of hydrogen-bond donors (Lipinski definition) is 2. The van der Waals surface area contributed by atoms with Crippen LogP contribution in [0.25, 0.3) is 0 Å². The van der Waals surface area contributed by atoms with E-state index in [-0.39, 0.29) is 39.8 Å². The Balaban J connectivity index is 1.03. The van der Waals surface area contributed by atoms with E-state index in [1.54, 1.807) is 12.1 Å². The van der Waals surface area contributed by atoms with Crippen LogP contribution in [0.5, 0.6) is 0 Å². The number of nitrogens with zero attached hydrogens (tertiary/aromatic N) is 1. The van der Waals surface area contributed by atoms with Crippen LogP contribution < -0.4 is 15.8 Å². The molecule has 10 heteroatoms. The first-order valence-corrected chi connectivity index (χ1v) is 14.4. The first-order valence-electron chi connectivity index (χ1n) is 14.0. The molecule has 0 unspecified atom stereocenters. The summed E-state index contributed by atoms with van der Waals surface area (Å²) < 4.78 is 5.07. The maximum atomic E-state index is 13.9. The van der Waals surface area contributed by atoms with Gasteiger partial charge >= 0.3 is 5.97 Å². The van der Waals surface area contributed by atoms with E-state index >= 15 is 0 Å². The minimum Gasteiger partial charge on any atom is -0.452 e. The lowest BCUT2D eigenvalue weighted by Crippen LogP contribution is -2.43. The van der Waals surface area contributed by atoms with Gasteiger partial charge in [0.25, 0.3) is 11.8 Å². The van der Waals surface area contributed by atoms with Gasteiger partial charge in [-0.1, -0.05) is 72.3 Å². The number of rotatable bonds is 5. The van der Waals surface area contributed by atoms with Crippen molar-refractivity contribution < 1.29 is 28.7 Å². The lowest BCUT2D eigenvalue weighted by Gasteiger charge is -2.45. The standard InChI is InChI=1S/C34H24ClN3O6/c35-25-12-6-5-11-24(25)31(40)37-36-26(39)17-44-34(43)18-13-15-19(16-14-18)38-32(41)29-27-20-7-1-2-8-21(20)28(30(29)33(38)42)23-10-4-3-9-22(23)27/h1-16,27-30H,17H2,(H,36,39)(H,37,40)/t27?,28?,29-,30-/m1/s1. The number of benzene rings is 4. The van der Waals surface area contributed by atoms with Crippen LogP contribution in [0.4, 0.5) is 5.69 Å². The monoisotopic (exact) mass is 605 g/mol. The van der Waals surface area contributed by atoms with Crippen molar-refractivity contribution in [2.75, 3.05) is 11.5 Å².